The summed E-state index contributed by atoms with van der Waals surface area (Å²) < 4.78 is 6.40. The summed E-state index contributed by atoms with van der Waals surface area (Å²) in [4.78, 5) is 20.2. The van der Waals surface area contributed by atoms with Crippen LogP contribution in [0.5, 0.6) is 23.0 Å². The molecular weight excluding hydrogens is 1110 g/mol. The molecular formula is C77H97N9O4. The maximum absolute atomic E-state index is 10.3. The lowest BCUT2D eigenvalue weighted by Crippen LogP contribution is -2.28. The third-order valence-corrected chi connectivity index (χ3v) is 18.3. The Morgan fingerprint density at radius 1 is 0.489 bits per heavy atom. The quantitative estimate of drug-likeness (QED) is 0.0353. The molecule has 0 bridgehead atoms. The van der Waals surface area contributed by atoms with Crippen molar-refractivity contribution in [1.29, 1.82) is 0 Å². The molecule has 4 aliphatic rings. The molecule has 0 saturated heterocycles. The summed E-state index contributed by atoms with van der Waals surface area (Å²) in [5, 5.41) is 30.8. The van der Waals surface area contributed by atoms with Crippen molar-refractivity contribution in [2.75, 3.05) is 43.6 Å². The normalized spacial score (nSPS) is 15.1. The number of aromatic hydroxyl groups is 3. The Kier molecular flexibility index (Phi) is 23.0. The highest BCUT2D eigenvalue weighted by molar-refractivity contribution is 5.73. The lowest BCUT2D eigenvalue weighted by atomic mass is 9.75. The van der Waals surface area contributed by atoms with Crippen LogP contribution in [0.3, 0.4) is 0 Å². The number of likely N-dealkylation sites (N-methyl/N-ethyl adjacent to an activating group) is 1. The van der Waals surface area contributed by atoms with Gasteiger partial charge in [-0.1, -0.05) is 96.1 Å². The molecule has 13 nitrogen and oxygen atoms in total. The van der Waals surface area contributed by atoms with Crippen LogP contribution in [0.1, 0.15) is 192 Å². The monoisotopic (exact) mass is 1210 g/mol. The van der Waals surface area contributed by atoms with Crippen LogP contribution in [0, 0.1) is 0 Å². The van der Waals surface area contributed by atoms with Crippen molar-refractivity contribution in [1.82, 2.24) is 24.8 Å². The fourth-order valence-corrected chi connectivity index (χ4v) is 12.9. The number of aryl methyl sites for hydroxylation is 2. The molecule has 4 aliphatic carbocycles. The predicted molar refractivity (Wildman–Crippen MR) is 372 cm³/mol. The minimum absolute atomic E-state index is 0.154. The van der Waals surface area contributed by atoms with Gasteiger partial charge in [0.15, 0.2) is 0 Å². The highest BCUT2D eigenvalue weighted by atomic mass is 16.5. The van der Waals surface area contributed by atoms with Crippen LogP contribution < -0.4 is 27.7 Å². The molecule has 4 saturated carbocycles. The van der Waals surface area contributed by atoms with Crippen molar-refractivity contribution in [2.24, 2.45) is 0 Å². The van der Waals surface area contributed by atoms with Crippen molar-refractivity contribution in [3.8, 4) is 68.0 Å². The highest BCUT2D eigenvalue weighted by Crippen LogP contribution is 2.48. The molecule has 4 fully saturated rings. The number of aromatic nitrogens is 4. The Morgan fingerprint density at radius 3 is 1.27 bits per heavy atom. The van der Waals surface area contributed by atoms with Gasteiger partial charge >= 0.3 is 0 Å². The zero-order valence-electron chi connectivity index (χ0n) is 54.2. The summed E-state index contributed by atoms with van der Waals surface area (Å²) in [6, 6.07) is 39.5. The third-order valence-electron chi connectivity index (χ3n) is 18.3. The first-order valence-electron chi connectivity index (χ1n) is 33.1. The van der Waals surface area contributed by atoms with Gasteiger partial charge in [-0.2, -0.15) is 0 Å². The Hall–Kier alpha value is -8.42. The second-order valence-corrected chi connectivity index (χ2v) is 25.4. The van der Waals surface area contributed by atoms with Crippen LogP contribution in [-0.4, -0.2) is 66.9 Å². The van der Waals surface area contributed by atoms with Gasteiger partial charge in [0.1, 0.15) is 52.4 Å². The Labute approximate surface area is 535 Å². The van der Waals surface area contributed by atoms with E-state index in [1.54, 1.807) is 30.3 Å². The maximum atomic E-state index is 10.3. The molecule has 1 atom stereocenters. The first kappa shape index (κ1) is 66.0. The van der Waals surface area contributed by atoms with Gasteiger partial charge in [-0.25, -0.2) is 19.9 Å². The van der Waals surface area contributed by atoms with Crippen LogP contribution in [0.4, 0.5) is 23.3 Å². The number of pyridine rings is 4. The van der Waals surface area contributed by atoms with Crippen LogP contribution in [-0.2, 0) is 25.7 Å². The van der Waals surface area contributed by atoms with E-state index in [4.69, 9.17) is 27.7 Å². The number of hydrogen-bond donors (Lipinski definition) is 7. The molecule has 4 aromatic heterocycles. The number of phenols is 3. The molecule has 11 N–H and O–H groups in total. The summed E-state index contributed by atoms with van der Waals surface area (Å²) >= 11 is 0. The van der Waals surface area contributed by atoms with E-state index in [0.29, 0.717) is 70.6 Å². The number of nitrogen functional groups attached to an aromatic ring is 4. The highest BCUT2D eigenvalue weighted by Gasteiger charge is 2.30. The fraction of sp³-hybridized carbons (Fsp3) is 0.403. The van der Waals surface area contributed by atoms with Gasteiger partial charge < -0.3 is 47.9 Å². The van der Waals surface area contributed by atoms with Gasteiger partial charge in [0.05, 0.1) is 22.8 Å². The lowest BCUT2D eigenvalue weighted by Gasteiger charge is -2.30. The van der Waals surface area contributed by atoms with Gasteiger partial charge in [-0.3, -0.25) is 0 Å². The summed E-state index contributed by atoms with van der Waals surface area (Å²) in [6.07, 6.45) is 23.3. The summed E-state index contributed by atoms with van der Waals surface area (Å²) in [6.45, 7) is 13.3. The molecule has 0 spiro atoms. The number of benzene rings is 4. The Balaban J connectivity index is 0.000000143. The number of hydrogen-bond acceptors (Lipinski definition) is 13. The van der Waals surface area contributed by atoms with Crippen molar-refractivity contribution >= 4 is 23.3 Å². The van der Waals surface area contributed by atoms with Gasteiger partial charge in [0.25, 0.3) is 0 Å². The number of phenolic OH excluding ortho intramolecular Hbond substituents is 3. The molecule has 90 heavy (non-hydrogen) atoms. The summed E-state index contributed by atoms with van der Waals surface area (Å²) in [7, 11) is 4.17. The van der Waals surface area contributed by atoms with E-state index in [0.717, 1.165) is 107 Å². The topological polar surface area (TPSA) is 229 Å². The third kappa shape index (κ3) is 16.5. The van der Waals surface area contributed by atoms with Gasteiger partial charge in [0, 0.05) is 28.8 Å². The summed E-state index contributed by atoms with van der Waals surface area (Å²) in [5.74, 6) is 6.63. The zero-order chi connectivity index (χ0) is 63.8. The van der Waals surface area contributed by atoms with Crippen LogP contribution >= 0.6 is 0 Å². The number of nitrogens with two attached hydrogens (primary N) is 4. The first-order valence-corrected chi connectivity index (χ1v) is 33.1. The number of anilines is 4. The number of rotatable bonds is 20. The van der Waals surface area contributed by atoms with E-state index in [1.165, 1.54) is 110 Å². The Bertz CT molecular complexity index is 3650. The molecule has 4 heterocycles. The van der Waals surface area contributed by atoms with Crippen LogP contribution in [0.15, 0.2) is 134 Å². The van der Waals surface area contributed by atoms with Crippen molar-refractivity contribution in [3.05, 3.63) is 178 Å². The van der Waals surface area contributed by atoms with Gasteiger partial charge in [0.2, 0.25) is 0 Å². The van der Waals surface area contributed by atoms with Gasteiger partial charge in [-0.05, 0) is 263 Å². The molecule has 13 heteroatoms. The van der Waals surface area contributed by atoms with Crippen LogP contribution in [0.25, 0.3) is 45.0 Å². The Morgan fingerprint density at radius 2 is 0.878 bits per heavy atom. The van der Waals surface area contributed by atoms with E-state index >= 15 is 0 Å². The molecule has 0 radical (unpaired) electrons. The second-order valence-electron chi connectivity index (χ2n) is 25.4. The second kappa shape index (κ2) is 31.4. The molecule has 8 aromatic rings. The van der Waals surface area contributed by atoms with Crippen molar-refractivity contribution < 1.29 is 20.1 Å². The van der Waals surface area contributed by atoms with E-state index in [9.17, 15) is 15.3 Å². The zero-order valence-corrected chi connectivity index (χ0v) is 54.2. The standard InChI is InChI=1S/C23H33N3O.C18H22N2O.C18H20N2O.C18H22N2O/c1-5-8-18-13-20(21-11-7-12-23(24)25-21)19(17-9-6-10-17)14-22(18)27-16(2)15-26(3)4;2*1-2-5-13-10-15(16-8-4-9-18(19)20-16)14(11-17(13)21)12-6-3-7-12;1-2-5-14-16(21)11-10-13(18(14)12-6-3-7-12)15-8-4-9-17(19)20-15/h7,11-14,16-17H,5-6,8-10,15H2,1-4H3,(H2,24,25);4,8-12,21H,2-3,5-7H2,1H3,(H2,19,20);2,4,8-12,21H,1,3,5-7H2,(H2,19,20);4,8-12,21H,2-3,5-7H2,1H3,(H2,19,20). The van der Waals surface area contributed by atoms with E-state index in [2.05, 4.69) is 97.5 Å². The fourth-order valence-electron chi connectivity index (χ4n) is 12.9. The molecule has 4 aromatic carbocycles. The average Bonchev–Trinajstić information content (AvgIpc) is 0.841. The molecule has 12 rings (SSSR count). The van der Waals surface area contributed by atoms with Crippen molar-refractivity contribution in [3.63, 3.8) is 0 Å². The smallest absolute Gasteiger partial charge is 0.124 e. The van der Waals surface area contributed by atoms with Gasteiger partial charge in [-0.15, -0.1) is 6.58 Å². The maximum Gasteiger partial charge on any atom is 0.124 e. The molecule has 474 valence electrons. The molecule has 0 amide bonds. The SMILES string of the molecule is C=CCc1cc(-c2cccc(N)n2)c(C2CCC2)cc1O.CCCc1c(O)ccc(-c2cccc(N)n2)c1C1CCC1.CCCc1cc(-c2cccc(N)n2)c(C2CCC2)cc1O.CCCc1cc(-c2cccc(N)n2)c(C2CCC2)cc1OC(C)CN(C)C. The van der Waals surface area contributed by atoms with E-state index < -0.39 is 0 Å². The number of nitrogens with zero attached hydrogens (tertiary/aromatic N) is 5. The van der Waals surface area contributed by atoms with E-state index in [1.807, 2.05) is 72.8 Å². The minimum Gasteiger partial charge on any atom is -0.508 e. The lowest BCUT2D eigenvalue weighted by molar-refractivity contribution is 0.175. The average molecular weight is 1210 g/mol. The molecule has 0 aliphatic heterocycles. The minimum atomic E-state index is 0.154. The van der Waals surface area contributed by atoms with Crippen LogP contribution in [0.2, 0.25) is 0 Å². The number of allylic oxidation sites excluding steroid dienone is 1. The first-order chi connectivity index (χ1) is 43.5. The predicted octanol–water partition coefficient (Wildman–Crippen LogP) is 17.4. The summed E-state index contributed by atoms with van der Waals surface area (Å²) in [5.41, 5.74) is 41.0. The van der Waals surface area contributed by atoms with Crippen molar-refractivity contribution in [2.45, 2.75) is 179 Å². The van der Waals surface area contributed by atoms with E-state index in [-0.39, 0.29) is 6.10 Å². The largest absolute Gasteiger partial charge is 0.508 e. The number of ether oxygens (including phenoxy) is 1. The molecule has 1 unspecified atom stereocenters.